The minimum atomic E-state index is 0.463. The summed E-state index contributed by atoms with van der Waals surface area (Å²) in [7, 11) is 0. The van der Waals surface area contributed by atoms with E-state index >= 15 is 0 Å². The maximum atomic E-state index is 3.65. The molecular weight excluding hydrogens is 268 g/mol. The second kappa shape index (κ2) is 6.97. The van der Waals surface area contributed by atoms with Crippen LogP contribution in [0.25, 0.3) is 0 Å². The van der Waals surface area contributed by atoms with Crippen LogP contribution in [-0.2, 0) is 0 Å². The fourth-order valence-corrected chi connectivity index (χ4v) is 3.25. The first-order chi connectivity index (χ1) is 10.7. The molecule has 0 aliphatic carbocycles. The number of nitrogens with one attached hydrogen (secondary N) is 1. The highest BCUT2D eigenvalue weighted by Crippen LogP contribution is 2.26. The van der Waals surface area contributed by atoms with Crippen LogP contribution in [0.4, 0.5) is 5.69 Å². The van der Waals surface area contributed by atoms with Crippen molar-refractivity contribution in [2.75, 3.05) is 25.0 Å². The van der Waals surface area contributed by atoms with Crippen LogP contribution in [-0.4, -0.2) is 24.5 Å². The van der Waals surface area contributed by atoms with Gasteiger partial charge in [0.05, 0.1) is 6.04 Å². The van der Waals surface area contributed by atoms with Gasteiger partial charge in [-0.3, -0.25) is 4.90 Å². The molecule has 1 saturated heterocycles. The van der Waals surface area contributed by atoms with E-state index in [4.69, 9.17) is 0 Å². The predicted octanol–water partition coefficient (Wildman–Crippen LogP) is 4.55. The number of hydrogen-bond acceptors (Lipinski definition) is 2. The summed E-state index contributed by atoms with van der Waals surface area (Å²) in [6, 6.07) is 18.0. The normalized spacial score (nSPS) is 16.6. The third-order valence-electron chi connectivity index (χ3n) is 4.77. The van der Waals surface area contributed by atoms with Gasteiger partial charge in [-0.1, -0.05) is 36.4 Å². The number of likely N-dealkylation sites (tertiary alicyclic amines) is 1. The Morgan fingerprint density at radius 3 is 2.36 bits per heavy atom. The fourth-order valence-electron chi connectivity index (χ4n) is 3.25. The summed E-state index contributed by atoms with van der Waals surface area (Å²) in [6.07, 6.45) is 2.65. The van der Waals surface area contributed by atoms with Crippen molar-refractivity contribution in [3.8, 4) is 0 Å². The molecule has 0 amide bonds. The Bertz CT molecular complexity index is 600. The summed E-state index contributed by atoms with van der Waals surface area (Å²) < 4.78 is 0. The minimum absolute atomic E-state index is 0.463. The third kappa shape index (κ3) is 3.50. The Balaban J connectivity index is 1.73. The van der Waals surface area contributed by atoms with Crippen LogP contribution < -0.4 is 5.32 Å². The van der Waals surface area contributed by atoms with Crippen LogP contribution >= 0.6 is 0 Å². The third-order valence-corrected chi connectivity index (χ3v) is 4.77. The van der Waals surface area contributed by atoms with Crippen LogP contribution in [0.15, 0.2) is 48.5 Å². The molecule has 1 heterocycles. The predicted molar refractivity (Wildman–Crippen MR) is 94.4 cm³/mol. The Morgan fingerprint density at radius 2 is 1.68 bits per heavy atom. The van der Waals surface area contributed by atoms with E-state index in [0.717, 1.165) is 6.54 Å². The number of aryl methyl sites for hydroxylation is 2. The lowest BCUT2D eigenvalue weighted by molar-refractivity contribution is 0.256. The summed E-state index contributed by atoms with van der Waals surface area (Å²) in [5.74, 6) is 0. The lowest BCUT2D eigenvalue weighted by atomic mass is 10.0. The van der Waals surface area contributed by atoms with E-state index < -0.39 is 0 Å². The topological polar surface area (TPSA) is 15.3 Å². The van der Waals surface area contributed by atoms with Gasteiger partial charge >= 0.3 is 0 Å². The van der Waals surface area contributed by atoms with Crippen LogP contribution in [0, 0.1) is 13.8 Å². The summed E-state index contributed by atoms with van der Waals surface area (Å²) >= 11 is 0. The quantitative estimate of drug-likeness (QED) is 0.870. The van der Waals surface area contributed by atoms with Gasteiger partial charge in [-0.2, -0.15) is 0 Å². The largest absolute Gasteiger partial charge is 0.383 e. The number of benzene rings is 2. The van der Waals surface area contributed by atoms with Gasteiger partial charge in [0.2, 0.25) is 0 Å². The second-order valence-corrected chi connectivity index (χ2v) is 6.35. The first-order valence-electron chi connectivity index (χ1n) is 8.34. The highest BCUT2D eigenvalue weighted by Gasteiger charge is 2.23. The highest BCUT2D eigenvalue weighted by molar-refractivity contribution is 5.48. The van der Waals surface area contributed by atoms with E-state index in [0.29, 0.717) is 6.04 Å². The van der Waals surface area contributed by atoms with Crippen molar-refractivity contribution in [1.29, 1.82) is 0 Å². The monoisotopic (exact) mass is 294 g/mol. The molecule has 2 aromatic carbocycles. The van der Waals surface area contributed by atoms with Crippen LogP contribution in [0.1, 0.15) is 35.6 Å². The summed E-state index contributed by atoms with van der Waals surface area (Å²) in [4.78, 5) is 2.61. The Labute approximate surface area is 134 Å². The van der Waals surface area contributed by atoms with Gasteiger partial charge in [0.25, 0.3) is 0 Å². The van der Waals surface area contributed by atoms with Crippen molar-refractivity contribution in [3.05, 3.63) is 65.2 Å². The lowest BCUT2D eigenvalue weighted by Gasteiger charge is -2.28. The van der Waals surface area contributed by atoms with E-state index in [1.807, 2.05) is 0 Å². The first kappa shape index (κ1) is 15.1. The van der Waals surface area contributed by atoms with E-state index in [-0.39, 0.29) is 0 Å². The molecule has 1 aliphatic rings. The standard InChI is InChI=1S/C20H26N2/c1-16-10-11-19(14-17(16)2)21-15-20(22-12-6-7-13-22)18-8-4-3-5-9-18/h3-5,8-11,14,20-21H,6-7,12-13,15H2,1-2H3. The van der Waals surface area contributed by atoms with Crippen LogP contribution in [0.3, 0.4) is 0 Å². The van der Waals surface area contributed by atoms with Crippen molar-refractivity contribution < 1.29 is 0 Å². The molecule has 116 valence electrons. The lowest BCUT2D eigenvalue weighted by Crippen LogP contribution is -2.31. The number of hydrogen-bond donors (Lipinski definition) is 1. The molecule has 2 nitrogen and oxygen atoms in total. The Hall–Kier alpha value is -1.80. The maximum Gasteiger partial charge on any atom is 0.0520 e. The molecule has 0 aromatic heterocycles. The zero-order chi connectivity index (χ0) is 15.4. The zero-order valence-electron chi connectivity index (χ0n) is 13.7. The smallest absolute Gasteiger partial charge is 0.0520 e. The molecule has 1 fully saturated rings. The summed E-state index contributed by atoms with van der Waals surface area (Å²) in [5, 5.41) is 3.65. The van der Waals surface area contributed by atoms with E-state index in [2.05, 4.69) is 72.6 Å². The molecule has 0 bridgehead atoms. The molecule has 0 spiro atoms. The molecule has 1 N–H and O–H groups in total. The van der Waals surface area contributed by atoms with Gasteiger partial charge < -0.3 is 5.32 Å². The highest BCUT2D eigenvalue weighted by atomic mass is 15.2. The number of anilines is 1. The van der Waals surface area contributed by atoms with E-state index in [1.54, 1.807) is 0 Å². The second-order valence-electron chi connectivity index (χ2n) is 6.35. The molecule has 2 aromatic rings. The molecule has 0 radical (unpaired) electrons. The van der Waals surface area contributed by atoms with Crippen molar-refractivity contribution in [2.45, 2.75) is 32.7 Å². The maximum absolute atomic E-state index is 3.65. The molecular formula is C20H26N2. The van der Waals surface area contributed by atoms with Gasteiger partial charge in [0.15, 0.2) is 0 Å². The number of rotatable bonds is 5. The fraction of sp³-hybridized carbons (Fsp3) is 0.400. The SMILES string of the molecule is Cc1ccc(NCC(c2ccccc2)N2CCCC2)cc1C. The average Bonchev–Trinajstić information content (AvgIpc) is 3.06. The van der Waals surface area contributed by atoms with Crippen molar-refractivity contribution in [1.82, 2.24) is 4.90 Å². The minimum Gasteiger partial charge on any atom is -0.383 e. The molecule has 2 heteroatoms. The molecule has 22 heavy (non-hydrogen) atoms. The van der Waals surface area contributed by atoms with Crippen molar-refractivity contribution in [2.24, 2.45) is 0 Å². The van der Waals surface area contributed by atoms with Gasteiger partial charge in [-0.15, -0.1) is 0 Å². The number of nitrogens with zero attached hydrogens (tertiary/aromatic N) is 1. The van der Waals surface area contributed by atoms with Crippen molar-refractivity contribution >= 4 is 5.69 Å². The zero-order valence-corrected chi connectivity index (χ0v) is 13.7. The van der Waals surface area contributed by atoms with E-state index in [9.17, 15) is 0 Å². The van der Waals surface area contributed by atoms with Crippen molar-refractivity contribution in [3.63, 3.8) is 0 Å². The van der Waals surface area contributed by atoms with Gasteiger partial charge in [0.1, 0.15) is 0 Å². The molecule has 3 rings (SSSR count). The Morgan fingerprint density at radius 1 is 0.955 bits per heavy atom. The molecule has 0 saturated carbocycles. The van der Waals surface area contributed by atoms with Gasteiger partial charge in [0, 0.05) is 12.2 Å². The first-order valence-corrected chi connectivity index (χ1v) is 8.34. The average molecular weight is 294 g/mol. The molecule has 1 unspecified atom stereocenters. The van der Waals surface area contributed by atoms with Crippen LogP contribution in [0.5, 0.6) is 0 Å². The molecule has 1 aliphatic heterocycles. The van der Waals surface area contributed by atoms with Gasteiger partial charge in [-0.25, -0.2) is 0 Å². The van der Waals surface area contributed by atoms with Crippen LogP contribution in [0.2, 0.25) is 0 Å². The Kier molecular flexibility index (Phi) is 4.79. The molecule has 1 atom stereocenters. The van der Waals surface area contributed by atoms with Gasteiger partial charge in [-0.05, 0) is 68.6 Å². The summed E-state index contributed by atoms with van der Waals surface area (Å²) in [6.45, 7) is 7.74. The van der Waals surface area contributed by atoms with E-state index in [1.165, 1.54) is 48.3 Å². The summed E-state index contributed by atoms with van der Waals surface area (Å²) in [5.41, 5.74) is 5.34.